The lowest BCUT2D eigenvalue weighted by Crippen LogP contribution is -2.34. The molecule has 1 heterocycles. The lowest BCUT2D eigenvalue weighted by molar-refractivity contribution is 0.481. The Morgan fingerprint density at radius 2 is 1.65 bits per heavy atom. The maximum absolute atomic E-state index is 14.5. The van der Waals surface area contributed by atoms with Crippen LogP contribution in [0.3, 0.4) is 0 Å². The summed E-state index contributed by atoms with van der Waals surface area (Å²) >= 11 is 12.7. The lowest BCUT2D eigenvalue weighted by Gasteiger charge is -2.36. The second-order valence-electron chi connectivity index (χ2n) is 9.10. The average Bonchev–Trinajstić information content (AvgIpc) is 3.22. The van der Waals surface area contributed by atoms with Crippen molar-refractivity contribution in [3.05, 3.63) is 92.7 Å². The summed E-state index contributed by atoms with van der Waals surface area (Å²) in [5.41, 5.74) is 5.02. The van der Waals surface area contributed by atoms with Crippen LogP contribution < -0.4 is 10.0 Å². The van der Waals surface area contributed by atoms with E-state index >= 15 is 0 Å². The molecule has 0 amide bonds. The van der Waals surface area contributed by atoms with E-state index in [0.29, 0.717) is 10.0 Å². The molecule has 3 aromatic rings. The molecule has 1 saturated heterocycles. The molecule has 1 unspecified atom stereocenters. The Bertz CT molecular complexity index is 1350. The van der Waals surface area contributed by atoms with E-state index in [1.54, 1.807) is 24.3 Å². The van der Waals surface area contributed by atoms with E-state index in [1.165, 1.54) is 6.07 Å². The molecule has 0 spiro atoms. The maximum Gasteiger partial charge on any atom is 0.238 e. The summed E-state index contributed by atoms with van der Waals surface area (Å²) in [7, 11) is -3.74. The Labute approximate surface area is 209 Å². The van der Waals surface area contributed by atoms with Gasteiger partial charge in [-0.25, -0.2) is 17.9 Å². The van der Waals surface area contributed by atoms with Gasteiger partial charge in [0.05, 0.1) is 15.6 Å². The first-order valence-corrected chi connectivity index (χ1v) is 13.7. The zero-order chi connectivity index (χ0) is 24.0. The third-order valence-corrected chi connectivity index (χ3v) is 8.58. The van der Waals surface area contributed by atoms with Gasteiger partial charge in [0.2, 0.25) is 10.0 Å². The van der Waals surface area contributed by atoms with Crippen molar-refractivity contribution in [2.24, 2.45) is 5.14 Å². The Morgan fingerprint density at radius 3 is 2.35 bits per heavy atom. The Hall–Kier alpha value is -2.12. The van der Waals surface area contributed by atoms with Crippen molar-refractivity contribution in [3.63, 3.8) is 0 Å². The highest BCUT2D eigenvalue weighted by atomic mass is 35.5. The Kier molecular flexibility index (Phi) is 6.36. The molecule has 0 saturated carbocycles. The Balaban J connectivity index is 1.42. The van der Waals surface area contributed by atoms with E-state index in [0.717, 1.165) is 66.7 Å². The van der Waals surface area contributed by atoms with Gasteiger partial charge in [-0.2, -0.15) is 0 Å². The number of piperidine rings is 1. The summed E-state index contributed by atoms with van der Waals surface area (Å²) in [6.07, 6.45) is 3.31. The van der Waals surface area contributed by atoms with Crippen LogP contribution in [0, 0.1) is 5.82 Å². The van der Waals surface area contributed by atoms with Gasteiger partial charge in [0.25, 0.3) is 0 Å². The van der Waals surface area contributed by atoms with Gasteiger partial charge in [-0.3, -0.25) is 0 Å². The molecule has 0 aromatic heterocycles. The largest absolute Gasteiger partial charge is 0.370 e. The molecule has 2 N–H and O–H groups in total. The van der Waals surface area contributed by atoms with Gasteiger partial charge >= 0.3 is 0 Å². The monoisotopic (exact) mass is 518 g/mol. The van der Waals surface area contributed by atoms with Crippen LogP contribution in [0.2, 0.25) is 10.0 Å². The second kappa shape index (κ2) is 9.15. The topological polar surface area (TPSA) is 63.4 Å². The third kappa shape index (κ3) is 4.44. The molecule has 0 radical (unpaired) electrons. The van der Waals surface area contributed by atoms with E-state index in [-0.39, 0.29) is 22.5 Å². The molecular formula is C26H25Cl2FN2O2S. The number of nitrogens with zero attached hydrogens (tertiary/aromatic N) is 1. The number of halogens is 3. The van der Waals surface area contributed by atoms with E-state index in [4.69, 9.17) is 28.3 Å². The molecular weight excluding hydrogens is 494 g/mol. The predicted octanol–water partition coefficient (Wildman–Crippen LogP) is 6.24. The number of fused-ring (bicyclic) bond motifs is 1. The first kappa shape index (κ1) is 23.6. The molecule has 8 heteroatoms. The molecule has 1 atom stereocenters. The smallest absolute Gasteiger partial charge is 0.238 e. The zero-order valence-electron chi connectivity index (χ0n) is 18.5. The minimum Gasteiger partial charge on any atom is -0.370 e. The lowest BCUT2D eigenvalue weighted by atomic mass is 9.87. The summed E-state index contributed by atoms with van der Waals surface area (Å²) in [6.45, 7) is 1.54. The number of anilines is 1. The van der Waals surface area contributed by atoms with Crippen molar-refractivity contribution in [2.45, 2.75) is 42.4 Å². The minimum atomic E-state index is -3.74. The number of para-hydroxylation sites is 1. The number of benzene rings is 3. The third-order valence-electron chi connectivity index (χ3n) is 7.13. The summed E-state index contributed by atoms with van der Waals surface area (Å²) in [4.78, 5) is 2.45. The molecule has 1 aliphatic heterocycles. The van der Waals surface area contributed by atoms with Crippen LogP contribution in [0.1, 0.15) is 53.4 Å². The molecule has 1 aliphatic carbocycles. The summed E-state index contributed by atoms with van der Waals surface area (Å²) < 4.78 is 38.0. The summed E-state index contributed by atoms with van der Waals surface area (Å²) in [5, 5.41) is 6.43. The highest BCUT2D eigenvalue weighted by Crippen LogP contribution is 2.46. The van der Waals surface area contributed by atoms with Crippen LogP contribution in [-0.2, 0) is 16.4 Å². The number of aryl methyl sites for hydroxylation is 1. The van der Waals surface area contributed by atoms with Crippen LogP contribution in [0.5, 0.6) is 0 Å². The fourth-order valence-electron chi connectivity index (χ4n) is 5.49. The van der Waals surface area contributed by atoms with Gasteiger partial charge in [0.15, 0.2) is 0 Å². The number of primary sulfonamides is 1. The number of hydrogen-bond donors (Lipinski definition) is 1. The van der Waals surface area contributed by atoms with Crippen molar-refractivity contribution in [2.75, 3.05) is 18.0 Å². The van der Waals surface area contributed by atoms with Crippen molar-refractivity contribution >= 4 is 38.9 Å². The molecule has 1 fully saturated rings. The molecule has 3 aromatic carbocycles. The van der Waals surface area contributed by atoms with Crippen molar-refractivity contribution in [1.82, 2.24) is 0 Å². The van der Waals surface area contributed by atoms with Crippen molar-refractivity contribution in [1.29, 1.82) is 0 Å². The normalized spacial score (nSPS) is 18.8. The van der Waals surface area contributed by atoms with Gasteiger partial charge < -0.3 is 4.90 Å². The number of sulfonamides is 1. The average molecular weight is 519 g/mol. The van der Waals surface area contributed by atoms with Gasteiger partial charge in [-0.05, 0) is 84.2 Å². The molecule has 5 rings (SSSR count). The molecule has 34 heavy (non-hydrogen) atoms. The number of hydrogen-bond acceptors (Lipinski definition) is 3. The van der Waals surface area contributed by atoms with Crippen molar-refractivity contribution in [3.8, 4) is 0 Å². The van der Waals surface area contributed by atoms with Crippen LogP contribution in [0.15, 0.2) is 59.5 Å². The first-order valence-electron chi connectivity index (χ1n) is 11.4. The van der Waals surface area contributed by atoms with Gasteiger partial charge in [0, 0.05) is 24.0 Å². The summed E-state index contributed by atoms with van der Waals surface area (Å²) in [6, 6.07) is 16.1. The van der Waals surface area contributed by atoms with Crippen LogP contribution in [0.4, 0.5) is 10.1 Å². The summed E-state index contributed by atoms with van der Waals surface area (Å²) in [5.74, 6) is 0.0266. The molecule has 2 aliphatic rings. The number of nitrogens with two attached hydrogens (primary N) is 1. The molecule has 178 valence electrons. The van der Waals surface area contributed by atoms with Crippen molar-refractivity contribution < 1.29 is 12.8 Å². The van der Waals surface area contributed by atoms with Gasteiger partial charge in [-0.1, -0.05) is 47.5 Å². The van der Waals surface area contributed by atoms with E-state index in [9.17, 15) is 12.8 Å². The van der Waals surface area contributed by atoms with E-state index in [2.05, 4.69) is 11.0 Å². The fraction of sp³-hybridized carbons (Fsp3) is 0.308. The van der Waals surface area contributed by atoms with E-state index in [1.807, 2.05) is 18.2 Å². The first-order chi connectivity index (χ1) is 16.2. The quantitative estimate of drug-likeness (QED) is 0.444. The molecule has 4 nitrogen and oxygen atoms in total. The van der Waals surface area contributed by atoms with Crippen LogP contribution in [0.25, 0.3) is 0 Å². The number of rotatable bonds is 4. The van der Waals surface area contributed by atoms with Gasteiger partial charge in [0.1, 0.15) is 5.82 Å². The van der Waals surface area contributed by atoms with Crippen LogP contribution >= 0.6 is 23.2 Å². The predicted molar refractivity (Wildman–Crippen MR) is 135 cm³/mol. The molecule has 0 bridgehead atoms. The Morgan fingerprint density at radius 1 is 0.912 bits per heavy atom. The minimum absolute atomic E-state index is 0.129. The van der Waals surface area contributed by atoms with Crippen LogP contribution in [-0.4, -0.2) is 21.5 Å². The fourth-order valence-corrected chi connectivity index (χ4v) is 6.51. The maximum atomic E-state index is 14.5. The highest BCUT2D eigenvalue weighted by Gasteiger charge is 2.31. The highest BCUT2D eigenvalue weighted by molar-refractivity contribution is 7.89. The van der Waals surface area contributed by atoms with E-state index < -0.39 is 10.0 Å². The standard InChI is InChI=1S/C26H25Cl2FN2O2S/c27-18-5-8-21(25(29)15-18)16-10-12-31(13-11-16)26-23(2-1-3-24(26)28)22-7-4-17-14-19(34(30,32)33)6-9-20(17)22/h1-3,5-6,8-9,14-16,22H,4,7,10-13H2,(H2,30,32,33). The van der Waals surface area contributed by atoms with Gasteiger partial charge in [-0.15, -0.1) is 0 Å². The second-order valence-corrected chi connectivity index (χ2v) is 11.5. The SMILES string of the molecule is NS(=O)(=O)c1ccc2c(c1)CCC2c1cccc(Cl)c1N1CCC(c2ccc(Cl)cc2F)CC1. The zero-order valence-corrected chi connectivity index (χ0v) is 20.8.